The lowest BCUT2D eigenvalue weighted by Gasteiger charge is -2.42. The summed E-state index contributed by atoms with van der Waals surface area (Å²) in [5, 5.41) is 10.5. The summed E-state index contributed by atoms with van der Waals surface area (Å²) in [6, 6.07) is 4.66. The Kier molecular flexibility index (Phi) is 9.74. The first-order valence-corrected chi connectivity index (χ1v) is 15.8. The van der Waals surface area contributed by atoms with Crippen molar-refractivity contribution in [2.45, 2.75) is 82.4 Å². The van der Waals surface area contributed by atoms with Gasteiger partial charge >= 0.3 is 5.97 Å². The van der Waals surface area contributed by atoms with Gasteiger partial charge in [-0.15, -0.1) is 24.9 Å². The fraction of sp³-hybridized carbons (Fsp3) is 0.606. The number of fused-ring (bicyclic) bond motifs is 1. The van der Waals surface area contributed by atoms with Crippen LogP contribution in [0.1, 0.15) is 57.6 Å². The third-order valence-corrected chi connectivity index (χ3v) is 11.1. The second-order valence-corrected chi connectivity index (χ2v) is 13.9. The molecule has 1 aromatic rings. The molecule has 1 N–H and O–H groups in total. The number of hydrogen-bond donors (Lipinski definition) is 1. The number of rotatable bonds is 13. The van der Waals surface area contributed by atoms with Crippen molar-refractivity contribution >= 4 is 35.2 Å². The summed E-state index contributed by atoms with van der Waals surface area (Å²) in [5.74, 6) is -1.81. The SMILES string of the molecule is C=CCCCOC(=O)[C@@H]1[C@@H]2CC(C)C3(S2)C(C(=O)N(CC=C)c2cc(C)ccc2C)N([C@@H](CO)CC(C)C)C(=O)[C@H]13. The van der Waals surface area contributed by atoms with Gasteiger partial charge in [0.2, 0.25) is 5.91 Å². The molecule has 41 heavy (non-hydrogen) atoms. The molecule has 0 radical (unpaired) electrons. The summed E-state index contributed by atoms with van der Waals surface area (Å²) < 4.78 is 4.92. The van der Waals surface area contributed by atoms with Crippen molar-refractivity contribution in [2.24, 2.45) is 23.7 Å². The van der Waals surface area contributed by atoms with Crippen LogP contribution in [-0.4, -0.2) is 69.6 Å². The minimum Gasteiger partial charge on any atom is -0.465 e. The number of allylic oxidation sites excluding steroid dienone is 1. The van der Waals surface area contributed by atoms with Crippen LogP contribution in [0.5, 0.6) is 0 Å². The Hall–Kier alpha value is -2.58. The molecule has 2 bridgehead atoms. The fourth-order valence-electron chi connectivity index (χ4n) is 7.31. The molecule has 3 fully saturated rings. The minimum atomic E-state index is -0.820. The number of anilines is 1. The molecular formula is C33H46N2O5S. The van der Waals surface area contributed by atoms with Crippen molar-refractivity contribution < 1.29 is 24.2 Å². The molecule has 3 aliphatic rings. The molecule has 3 heterocycles. The van der Waals surface area contributed by atoms with Crippen LogP contribution >= 0.6 is 11.8 Å². The molecule has 0 aromatic heterocycles. The molecule has 0 saturated carbocycles. The summed E-state index contributed by atoms with van der Waals surface area (Å²) in [7, 11) is 0. The molecule has 2 amide bonds. The van der Waals surface area contributed by atoms with E-state index >= 15 is 0 Å². The van der Waals surface area contributed by atoms with Gasteiger partial charge in [0.05, 0.1) is 35.8 Å². The van der Waals surface area contributed by atoms with E-state index in [2.05, 4.69) is 20.1 Å². The molecule has 1 spiro atoms. The van der Waals surface area contributed by atoms with E-state index in [0.29, 0.717) is 12.8 Å². The second kappa shape index (κ2) is 12.7. The lowest BCUT2D eigenvalue weighted by atomic mass is 9.66. The highest BCUT2D eigenvalue weighted by molar-refractivity contribution is 8.02. The molecule has 3 aliphatic heterocycles. The quantitative estimate of drug-likeness (QED) is 0.198. The smallest absolute Gasteiger partial charge is 0.310 e. The standard InChI is InChI=1S/C33H46N2O5S/c1-8-10-11-15-40-32(39)27-26-18-23(7)33(41-26)28(27)30(37)35(24(19-36)16-20(3)4)29(33)31(38)34(14-9-2)25-17-21(5)12-13-22(25)6/h8-9,12-13,17,20,23-24,26-29,36H,1-2,10-11,14-16,18-19H2,3-7H3/t23?,24-,26+,27-,28+,29?,33?/m1/s1. The molecule has 1 aromatic carbocycles. The van der Waals surface area contributed by atoms with Gasteiger partial charge in [0, 0.05) is 17.5 Å². The average molecular weight is 583 g/mol. The summed E-state index contributed by atoms with van der Waals surface area (Å²) in [6.07, 6.45) is 6.21. The maximum atomic E-state index is 14.9. The molecule has 7 atom stereocenters. The van der Waals surface area contributed by atoms with Gasteiger partial charge in [-0.25, -0.2) is 0 Å². The Balaban J connectivity index is 1.82. The largest absolute Gasteiger partial charge is 0.465 e. The van der Waals surface area contributed by atoms with Gasteiger partial charge in [-0.2, -0.15) is 0 Å². The highest BCUT2D eigenvalue weighted by atomic mass is 32.2. The number of thioether (sulfide) groups is 1. The maximum absolute atomic E-state index is 14.9. The van der Waals surface area contributed by atoms with E-state index in [1.165, 1.54) is 0 Å². The van der Waals surface area contributed by atoms with Gasteiger partial charge in [0.1, 0.15) is 6.04 Å². The Morgan fingerprint density at radius 1 is 1.27 bits per heavy atom. The number of hydrogen-bond acceptors (Lipinski definition) is 6. The number of carbonyl (C=O) groups excluding carboxylic acids is 3. The molecule has 3 unspecified atom stereocenters. The summed E-state index contributed by atoms with van der Waals surface area (Å²) >= 11 is 1.63. The van der Waals surface area contributed by atoms with Crippen molar-refractivity contribution in [3.8, 4) is 0 Å². The minimum absolute atomic E-state index is 0.0257. The average Bonchev–Trinajstić information content (AvgIpc) is 3.53. The first-order chi connectivity index (χ1) is 19.5. The van der Waals surface area contributed by atoms with Crippen LogP contribution in [0.4, 0.5) is 5.69 Å². The molecule has 7 nitrogen and oxygen atoms in total. The topological polar surface area (TPSA) is 87.2 Å². The lowest BCUT2D eigenvalue weighted by molar-refractivity contribution is -0.155. The van der Waals surface area contributed by atoms with E-state index in [4.69, 9.17) is 4.74 Å². The summed E-state index contributed by atoms with van der Waals surface area (Å²) in [4.78, 5) is 46.4. The number of aryl methyl sites for hydroxylation is 2. The van der Waals surface area contributed by atoms with E-state index in [1.54, 1.807) is 33.7 Å². The predicted octanol–water partition coefficient (Wildman–Crippen LogP) is 5.08. The van der Waals surface area contributed by atoms with Gasteiger partial charge < -0.3 is 19.6 Å². The fourth-order valence-corrected chi connectivity index (χ4v) is 9.70. The number of nitrogens with zero attached hydrogens (tertiary/aromatic N) is 2. The number of unbranched alkanes of at least 4 members (excludes halogenated alkanes) is 1. The molecule has 3 saturated heterocycles. The van der Waals surface area contributed by atoms with Gasteiger partial charge in [0.25, 0.3) is 5.91 Å². The van der Waals surface area contributed by atoms with Crippen LogP contribution in [0.2, 0.25) is 0 Å². The highest BCUT2D eigenvalue weighted by Crippen LogP contribution is 2.69. The predicted molar refractivity (Wildman–Crippen MR) is 165 cm³/mol. The van der Waals surface area contributed by atoms with Crippen molar-refractivity contribution in [1.29, 1.82) is 0 Å². The van der Waals surface area contributed by atoms with E-state index in [9.17, 15) is 19.5 Å². The molecule has 8 heteroatoms. The van der Waals surface area contributed by atoms with E-state index in [0.717, 1.165) is 29.7 Å². The van der Waals surface area contributed by atoms with Crippen LogP contribution in [-0.2, 0) is 19.1 Å². The number of likely N-dealkylation sites (tertiary alicyclic amines) is 1. The third kappa shape index (κ3) is 5.50. The van der Waals surface area contributed by atoms with Crippen molar-refractivity contribution in [2.75, 3.05) is 24.7 Å². The van der Waals surface area contributed by atoms with Gasteiger partial charge in [-0.3, -0.25) is 14.4 Å². The van der Waals surface area contributed by atoms with E-state index in [1.807, 2.05) is 45.9 Å². The van der Waals surface area contributed by atoms with Crippen LogP contribution in [0.3, 0.4) is 0 Å². The van der Waals surface area contributed by atoms with Crippen LogP contribution in [0.15, 0.2) is 43.5 Å². The highest BCUT2D eigenvalue weighted by Gasteiger charge is 2.77. The van der Waals surface area contributed by atoms with Gasteiger partial charge in [0.15, 0.2) is 0 Å². The zero-order valence-corrected chi connectivity index (χ0v) is 26.0. The molecular weight excluding hydrogens is 536 g/mol. The summed E-state index contributed by atoms with van der Waals surface area (Å²) in [5.41, 5.74) is 2.77. The zero-order valence-electron chi connectivity index (χ0n) is 25.2. The van der Waals surface area contributed by atoms with Crippen molar-refractivity contribution in [3.05, 3.63) is 54.6 Å². The normalized spacial score (nSPS) is 29.0. The Labute approximate surface area is 249 Å². The van der Waals surface area contributed by atoms with Crippen molar-refractivity contribution in [3.63, 3.8) is 0 Å². The number of carbonyl (C=O) groups is 3. The number of aliphatic hydroxyl groups excluding tert-OH is 1. The van der Waals surface area contributed by atoms with Crippen LogP contribution in [0, 0.1) is 37.5 Å². The van der Waals surface area contributed by atoms with Crippen LogP contribution in [0.25, 0.3) is 0 Å². The molecule has 224 valence electrons. The lowest BCUT2D eigenvalue weighted by Crippen LogP contribution is -2.59. The Morgan fingerprint density at radius 2 is 2.00 bits per heavy atom. The van der Waals surface area contributed by atoms with Crippen LogP contribution < -0.4 is 4.90 Å². The Bertz CT molecular complexity index is 1180. The number of aliphatic hydroxyl groups is 1. The van der Waals surface area contributed by atoms with E-state index < -0.39 is 28.7 Å². The first kappa shape index (κ1) is 31.4. The second-order valence-electron chi connectivity index (χ2n) is 12.4. The van der Waals surface area contributed by atoms with Crippen molar-refractivity contribution in [1.82, 2.24) is 4.90 Å². The van der Waals surface area contributed by atoms with E-state index in [-0.39, 0.29) is 54.6 Å². The molecule has 0 aliphatic carbocycles. The number of benzene rings is 1. The zero-order chi connectivity index (χ0) is 30.1. The Morgan fingerprint density at radius 3 is 2.63 bits per heavy atom. The molecule has 4 rings (SSSR count). The monoisotopic (exact) mass is 582 g/mol. The van der Waals surface area contributed by atoms with Gasteiger partial charge in [-0.1, -0.05) is 45.1 Å². The number of ether oxygens (including phenoxy) is 1. The number of amides is 2. The third-order valence-electron chi connectivity index (χ3n) is 9.07. The maximum Gasteiger partial charge on any atom is 0.310 e. The van der Waals surface area contributed by atoms with Gasteiger partial charge in [-0.05, 0) is 68.6 Å². The number of esters is 1. The summed E-state index contributed by atoms with van der Waals surface area (Å²) in [6.45, 7) is 18.1. The first-order valence-electron chi connectivity index (χ1n) is 14.9.